The van der Waals surface area contributed by atoms with Gasteiger partial charge in [-0.15, -0.1) is 0 Å². The van der Waals surface area contributed by atoms with Gasteiger partial charge in [-0.05, 0) is 43.7 Å². The molecule has 0 N–H and O–H groups in total. The predicted molar refractivity (Wildman–Crippen MR) is 98.6 cm³/mol. The van der Waals surface area contributed by atoms with Crippen LogP contribution in [0, 0.1) is 0 Å². The summed E-state index contributed by atoms with van der Waals surface area (Å²) in [6, 6.07) is 14.1. The molecule has 0 aliphatic carbocycles. The van der Waals surface area contributed by atoms with E-state index in [2.05, 4.69) is 0 Å². The van der Waals surface area contributed by atoms with Gasteiger partial charge in [-0.3, -0.25) is 9.59 Å². The average Bonchev–Trinajstić information content (AvgIpc) is 2.95. The van der Waals surface area contributed by atoms with E-state index in [0.717, 1.165) is 5.56 Å². The third-order valence-corrected chi connectivity index (χ3v) is 4.70. The molecular weight excluding hydrogens is 330 g/mol. The van der Waals surface area contributed by atoms with Gasteiger partial charge in [-0.25, -0.2) is 0 Å². The van der Waals surface area contributed by atoms with Gasteiger partial charge < -0.3 is 14.1 Å². The Morgan fingerprint density at radius 3 is 2.65 bits per heavy atom. The third-order valence-electron chi connectivity index (χ3n) is 4.70. The number of hydrogen-bond acceptors (Lipinski definition) is 4. The summed E-state index contributed by atoms with van der Waals surface area (Å²) in [5.74, 6) is 0.603. The standard InChI is InChI=1S/C21H19NO4/c1-3-22-18(13-8-7-9-14(12-13)25-4-2)17-19(23)15-10-5-6-11-16(15)26-20(17)21(22)24/h5-12,18H,3-4H2,1-2H3/t18-/m1/s1. The maximum Gasteiger partial charge on any atom is 0.290 e. The number of hydrogen-bond donors (Lipinski definition) is 0. The van der Waals surface area contributed by atoms with Gasteiger partial charge in [0.05, 0.1) is 23.6 Å². The molecule has 1 amide bonds. The van der Waals surface area contributed by atoms with Crippen molar-refractivity contribution < 1.29 is 13.9 Å². The molecule has 4 rings (SSSR count). The predicted octanol–water partition coefficient (Wildman–Crippen LogP) is 3.76. The van der Waals surface area contributed by atoms with Gasteiger partial charge in [0.25, 0.3) is 5.91 Å². The van der Waals surface area contributed by atoms with Crippen LogP contribution in [0.25, 0.3) is 11.0 Å². The second kappa shape index (κ2) is 6.33. The van der Waals surface area contributed by atoms with Crippen LogP contribution < -0.4 is 10.2 Å². The molecule has 5 heteroatoms. The topological polar surface area (TPSA) is 59.8 Å². The number of carbonyl (C=O) groups is 1. The Kier molecular flexibility index (Phi) is 3.99. The molecule has 0 radical (unpaired) electrons. The zero-order valence-electron chi connectivity index (χ0n) is 14.7. The van der Waals surface area contributed by atoms with Crippen LogP contribution >= 0.6 is 0 Å². The summed E-state index contributed by atoms with van der Waals surface area (Å²) in [6.45, 7) is 4.84. The van der Waals surface area contributed by atoms with Crippen molar-refractivity contribution in [3.8, 4) is 5.75 Å². The number of benzene rings is 2. The van der Waals surface area contributed by atoms with Crippen molar-refractivity contribution in [2.24, 2.45) is 0 Å². The average molecular weight is 349 g/mol. The molecule has 0 unspecified atom stereocenters. The first-order chi connectivity index (χ1) is 12.7. The summed E-state index contributed by atoms with van der Waals surface area (Å²) >= 11 is 0. The molecule has 132 valence electrons. The lowest BCUT2D eigenvalue weighted by Gasteiger charge is -2.23. The molecule has 1 aliphatic rings. The lowest BCUT2D eigenvalue weighted by atomic mass is 9.98. The molecular formula is C21H19NO4. The summed E-state index contributed by atoms with van der Waals surface area (Å²) in [6.07, 6.45) is 0. The minimum atomic E-state index is -0.469. The quantitative estimate of drug-likeness (QED) is 0.720. The lowest BCUT2D eigenvalue weighted by Crippen LogP contribution is -2.29. The van der Waals surface area contributed by atoms with E-state index in [4.69, 9.17) is 9.15 Å². The Balaban J connectivity index is 1.97. The van der Waals surface area contributed by atoms with E-state index in [1.165, 1.54) is 0 Å². The Bertz CT molecular complexity index is 1050. The number of carbonyl (C=O) groups excluding carboxylic acids is 1. The molecule has 1 aromatic heterocycles. The number of ether oxygens (including phenoxy) is 1. The molecule has 2 heterocycles. The van der Waals surface area contributed by atoms with Crippen LogP contribution in [0.5, 0.6) is 5.75 Å². The second-order valence-electron chi connectivity index (χ2n) is 6.17. The summed E-state index contributed by atoms with van der Waals surface area (Å²) in [7, 11) is 0. The van der Waals surface area contributed by atoms with Crippen molar-refractivity contribution >= 4 is 16.9 Å². The highest BCUT2D eigenvalue weighted by molar-refractivity contribution is 5.99. The molecule has 0 saturated heterocycles. The molecule has 1 atom stereocenters. The lowest BCUT2D eigenvalue weighted by molar-refractivity contribution is 0.0737. The number of para-hydroxylation sites is 1. The van der Waals surface area contributed by atoms with E-state index in [-0.39, 0.29) is 17.1 Å². The van der Waals surface area contributed by atoms with E-state index in [0.29, 0.717) is 35.4 Å². The van der Waals surface area contributed by atoms with Crippen LogP contribution in [0.4, 0.5) is 0 Å². The Morgan fingerprint density at radius 2 is 1.88 bits per heavy atom. The van der Waals surface area contributed by atoms with Crippen molar-refractivity contribution in [3.05, 3.63) is 75.6 Å². The van der Waals surface area contributed by atoms with Crippen LogP contribution in [0.15, 0.2) is 57.7 Å². The van der Waals surface area contributed by atoms with Gasteiger partial charge in [-0.2, -0.15) is 0 Å². The summed E-state index contributed by atoms with van der Waals surface area (Å²) in [4.78, 5) is 27.7. The molecule has 2 aromatic carbocycles. The van der Waals surface area contributed by atoms with Crippen molar-refractivity contribution in [3.63, 3.8) is 0 Å². The fourth-order valence-electron chi connectivity index (χ4n) is 3.58. The first-order valence-electron chi connectivity index (χ1n) is 8.75. The highest BCUT2D eigenvalue weighted by Gasteiger charge is 2.41. The first kappa shape index (κ1) is 16.4. The van der Waals surface area contributed by atoms with Gasteiger partial charge in [0, 0.05) is 6.54 Å². The fraction of sp³-hybridized carbons (Fsp3) is 0.238. The van der Waals surface area contributed by atoms with Gasteiger partial charge in [0.15, 0.2) is 5.43 Å². The fourth-order valence-corrected chi connectivity index (χ4v) is 3.58. The maximum atomic E-state index is 13.2. The van der Waals surface area contributed by atoms with Crippen LogP contribution in [0.1, 0.15) is 41.6 Å². The first-order valence-corrected chi connectivity index (χ1v) is 8.75. The highest BCUT2D eigenvalue weighted by atomic mass is 16.5. The van der Waals surface area contributed by atoms with Gasteiger partial charge >= 0.3 is 0 Å². The van der Waals surface area contributed by atoms with E-state index in [9.17, 15) is 9.59 Å². The normalized spacial score (nSPS) is 16.2. The molecule has 0 fully saturated rings. The Hall–Kier alpha value is -3.08. The summed E-state index contributed by atoms with van der Waals surface area (Å²) in [5, 5.41) is 0.489. The maximum absolute atomic E-state index is 13.2. The smallest absolute Gasteiger partial charge is 0.290 e. The molecule has 1 aliphatic heterocycles. The van der Waals surface area contributed by atoms with Crippen molar-refractivity contribution in [2.75, 3.05) is 13.2 Å². The monoisotopic (exact) mass is 349 g/mol. The van der Waals surface area contributed by atoms with Gasteiger partial charge in [0.2, 0.25) is 5.76 Å². The Labute approximate surface area is 150 Å². The zero-order valence-corrected chi connectivity index (χ0v) is 14.7. The summed E-state index contributed by atoms with van der Waals surface area (Å²) in [5.41, 5.74) is 1.53. The largest absolute Gasteiger partial charge is 0.494 e. The van der Waals surface area contributed by atoms with Crippen molar-refractivity contribution in [1.29, 1.82) is 0 Å². The van der Waals surface area contributed by atoms with Crippen molar-refractivity contribution in [1.82, 2.24) is 4.90 Å². The number of amides is 1. The summed E-state index contributed by atoms with van der Waals surface area (Å²) < 4.78 is 11.4. The molecule has 3 aromatic rings. The number of nitrogens with zero attached hydrogens (tertiary/aromatic N) is 1. The van der Waals surface area contributed by atoms with E-state index >= 15 is 0 Å². The highest BCUT2D eigenvalue weighted by Crippen LogP contribution is 2.38. The number of rotatable bonds is 4. The minimum Gasteiger partial charge on any atom is -0.494 e. The second-order valence-corrected chi connectivity index (χ2v) is 6.17. The molecule has 0 spiro atoms. The van der Waals surface area contributed by atoms with Crippen LogP contribution in [-0.2, 0) is 0 Å². The van der Waals surface area contributed by atoms with Crippen molar-refractivity contribution in [2.45, 2.75) is 19.9 Å². The van der Waals surface area contributed by atoms with E-state index in [1.807, 2.05) is 38.1 Å². The van der Waals surface area contributed by atoms with Crippen LogP contribution in [0.2, 0.25) is 0 Å². The molecule has 0 saturated carbocycles. The minimum absolute atomic E-state index is 0.141. The molecule has 0 bridgehead atoms. The van der Waals surface area contributed by atoms with Crippen LogP contribution in [-0.4, -0.2) is 24.0 Å². The number of fused-ring (bicyclic) bond motifs is 2. The Morgan fingerprint density at radius 1 is 1.08 bits per heavy atom. The SMILES string of the molecule is CCOc1cccc([C@@H]2c3c(oc4ccccc4c3=O)C(=O)N2CC)c1. The van der Waals surface area contributed by atoms with E-state index in [1.54, 1.807) is 29.2 Å². The third kappa shape index (κ3) is 2.39. The van der Waals surface area contributed by atoms with Crippen LogP contribution in [0.3, 0.4) is 0 Å². The molecule has 26 heavy (non-hydrogen) atoms. The van der Waals surface area contributed by atoms with Gasteiger partial charge in [-0.1, -0.05) is 24.3 Å². The van der Waals surface area contributed by atoms with E-state index < -0.39 is 6.04 Å². The zero-order chi connectivity index (χ0) is 18.3. The van der Waals surface area contributed by atoms with Gasteiger partial charge in [0.1, 0.15) is 11.3 Å². The molecule has 5 nitrogen and oxygen atoms in total.